The van der Waals surface area contributed by atoms with E-state index in [4.69, 9.17) is 0 Å². The van der Waals surface area contributed by atoms with Gasteiger partial charge in [-0.3, -0.25) is 9.78 Å². The fourth-order valence-corrected chi connectivity index (χ4v) is 2.12. The van der Waals surface area contributed by atoms with Gasteiger partial charge in [-0.05, 0) is 42.7 Å². The van der Waals surface area contributed by atoms with Gasteiger partial charge in [0.05, 0.1) is 5.69 Å². The fourth-order valence-electron chi connectivity index (χ4n) is 1.86. The number of aliphatic carboxylic acids is 1. The maximum absolute atomic E-state index is 11.4. The van der Waals surface area contributed by atoms with Crippen LogP contribution in [0.25, 0.3) is 0 Å². The molecule has 2 aromatic rings. The van der Waals surface area contributed by atoms with Gasteiger partial charge in [-0.2, -0.15) is 0 Å². The number of hydrogen-bond acceptors (Lipinski definition) is 2. The van der Waals surface area contributed by atoms with Gasteiger partial charge in [0.15, 0.2) is 0 Å². The molecule has 0 aliphatic rings. The summed E-state index contributed by atoms with van der Waals surface area (Å²) in [5.41, 5.74) is 2.61. The highest BCUT2D eigenvalue weighted by Crippen LogP contribution is 2.21. The number of aromatic nitrogens is 1. The summed E-state index contributed by atoms with van der Waals surface area (Å²) in [6.07, 6.45) is 2.14. The van der Waals surface area contributed by atoms with Crippen LogP contribution in [0.1, 0.15) is 22.7 Å². The molecule has 4 heteroatoms. The quantitative estimate of drug-likeness (QED) is 0.937. The molecule has 1 aromatic heterocycles. The first-order chi connectivity index (χ1) is 9.06. The predicted octanol–water partition coefficient (Wildman–Crippen LogP) is 3.56. The van der Waals surface area contributed by atoms with Crippen LogP contribution < -0.4 is 0 Å². The monoisotopic (exact) mass is 319 g/mol. The molecular formula is C15H14BrNO2. The Morgan fingerprint density at radius 3 is 2.47 bits per heavy atom. The van der Waals surface area contributed by atoms with Crippen LogP contribution in [0.4, 0.5) is 0 Å². The SMILES string of the molecule is Cc1ccc(C(Cc2ccc(Br)cc2)C(=O)O)nc1. The lowest BCUT2D eigenvalue weighted by molar-refractivity contribution is -0.138. The smallest absolute Gasteiger partial charge is 0.312 e. The Hall–Kier alpha value is -1.68. The van der Waals surface area contributed by atoms with Gasteiger partial charge in [0.1, 0.15) is 5.92 Å². The molecule has 0 aliphatic heterocycles. The van der Waals surface area contributed by atoms with Crippen molar-refractivity contribution in [3.63, 3.8) is 0 Å². The molecule has 0 amide bonds. The Morgan fingerprint density at radius 1 is 1.26 bits per heavy atom. The van der Waals surface area contributed by atoms with Crippen LogP contribution in [0.5, 0.6) is 0 Å². The summed E-state index contributed by atoms with van der Waals surface area (Å²) in [6, 6.07) is 11.4. The minimum Gasteiger partial charge on any atom is -0.481 e. The number of aryl methyl sites for hydroxylation is 1. The summed E-state index contributed by atoms with van der Waals surface area (Å²) in [7, 11) is 0. The van der Waals surface area contributed by atoms with Crippen molar-refractivity contribution in [3.8, 4) is 0 Å². The lowest BCUT2D eigenvalue weighted by atomic mass is 9.95. The van der Waals surface area contributed by atoms with Crippen LogP contribution in [0, 0.1) is 6.92 Å². The Morgan fingerprint density at radius 2 is 1.95 bits per heavy atom. The van der Waals surface area contributed by atoms with E-state index in [0.717, 1.165) is 15.6 Å². The van der Waals surface area contributed by atoms with Gasteiger partial charge in [-0.25, -0.2) is 0 Å². The lowest BCUT2D eigenvalue weighted by Crippen LogP contribution is -2.15. The summed E-state index contributed by atoms with van der Waals surface area (Å²) in [6.45, 7) is 1.93. The Labute approximate surface area is 120 Å². The molecular weight excluding hydrogens is 306 g/mol. The first-order valence-electron chi connectivity index (χ1n) is 5.96. The average molecular weight is 320 g/mol. The number of hydrogen-bond donors (Lipinski definition) is 1. The van der Waals surface area contributed by atoms with E-state index in [1.165, 1.54) is 0 Å². The van der Waals surface area contributed by atoms with Crippen LogP contribution in [0.2, 0.25) is 0 Å². The molecule has 0 saturated heterocycles. The van der Waals surface area contributed by atoms with Gasteiger partial charge in [-0.15, -0.1) is 0 Å². The van der Waals surface area contributed by atoms with Gasteiger partial charge in [0.2, 0.25) is 0 Å². The van der Waals surface area contributed by atoms with Crippen LogP contribution >= 0.6 is 15.9 Å². The number of carboxylic acid groups (broad SMARTS) is 1. The third kappa shape index (κ3) is 3.64. The maximum Gasteiger partial charge on any atom is 0.312 e. The number of carbonyl (C=O) groups is 1. The second kappa shape index (κ2) is 5.97. The van der Waals surface area contributed by atoms with Crippen LogP contribution in [0.15, 0.2) is 47.1 Å². The third-order valence-corrected chi connectivity index (χ3v) is 3.47. The van der Waals surface area contributed by atoms with Crippen molar-refractivity contribution in [1.82, 2.24) is 4.98 Å². The largest absolute Gasteiger partial charge is 0.481 e. The van der Waals surface area contributed by atoms with Gasteiger partial charge in [-0.1, -0.05) is 34.1 Å². The van der Waals surface area contributed by atoms with Crippen molar-refractivity contribution in [1.29, 1.82) is 0 Å². The van der Waals surface area contributed by atoms with E-state index in [2.05, 4.69) is 20.9 Å². The highest BCUT2D eigenvalue weighted by atomic mass is 79.9. The van der Waals surface area contributed by atoms with Crippen molar-refractivity contribution in [2.75, 3.05) is 0 Å². The first kappa shape index (κ1) is 13.7. The lowest BCUT2D eigenvalue weighted by Gasteiger charge is -2.12. The Kier molecular flexibility index (Phi) is 4.32. The topological polar surface area (TPSA) is 50.2 Å². The van der Waals surface area contributed by atoms with E-state index < -0.39 is 11.9 Å². The first-order valence-corrected chi connectivity index (χ1v) is 6.75. The highest BCUT2D eigenvalue weighted by molar-refractivity contribution is 9.10. The number of benzene rings is 1. The molecule has 19 heavy (non-hydrogen) atoms. The van der Waals surface area contributed by atoms with Crippen molar-refractivity contribution >= 4 is 21.9 Å². The molecule has 0 radical (unpaired) electrons. The molecule has 98 valence electrons. The molecule has 2 rings (SSSR count). The summed E-state index contributed by atoms with van der Waals surface area (Å²) < 4.78 is 0.983. The zero-order valence-corrected chi connectivity index (χ0v) is 12.1. The minimum absolute atomic E-state index is 0.443. The zero-order valence-electron chi connectivity index (χ0n) is 10.5. The molecule has 1 unspecified atom stereocenters. The average Bonchev–Trinajstić information content (AvgIpc) is 2.39. The van der Waals surface area contributed by atoms with Gasteiger partial charge < -0.3 is 5.11 Å². The number of nitrogens with zero attached hydrogens (tertiary/aromatic N) is 1. The number of pyridine rings is 1. The Balaban J connectivity index is 2.23. The molecule has 3 nitrogen and oxygen atoms in total. The molecule has 0 bridgehead atoms. The highest BCUT2D eigenvalue weighted by Gasteiger charge is 2.21. The summed E-state index contributed by atoms with van der Waals surface area (Å²) in [4.78, 5) is 15.6. The summed E-state index contributed by atoms with van der Waals surface area (Å²) >= 11 is 3.36. The fraction of sp³-hybridized carbons (Fsp3) is 0.200. The second-order valence-electron chi connectivity index (χ2n) is 4.48. The molecule has 0 fully saturated rings. The minimum atomic E-state index is -0.848. The van der Waals surface area contributed by atoms with E-state index >= 15 is 0 Å². The zero-order chi connectivity index (χ0) is 13.8. The van der Waals surface area contributed by atoms with Gasteiger partial charge in [0, 0.05) is 10.7 Å². The van der Waals surface area contributed by atoms with E-state index in [0.29, 0.717) is 12.1 Å². The molecule has 1 aromatic carbocycles. The normalized spacial score (nSPS) is 12.1. The molecule has 0 saturated carbocycles. The van der Waals surface area contributed by atoms with E-state index in [9.17, 15) is 9.90 Å². The number of rotatable bonds is 4. The summed E-state index contributed by atoms with van der Waals surface area (Å²) in [5, 5.41) is 9.36. The van der Waals surface area contributed by atoms with Gasteiger partial charge in [0.25, 0.3) is 0 Å². The number of halogens is 1. The van der Waals surface area contributed by atoms with Gasteiger partial charge >= 0.3 is 5.97 Å². The Bertz CT molecular complexity index is 564. The van der Waals surface area contributed by atoms with Crippen LogP contribution in [-0.4, -0.2) is 16.1 Å². The van der Waals surface area contributed by atoms with Crippen molar-refractivity contribution in [3.05, 3.63) is 63.9 Å². The molecule has 1 heterocycles. The molecule has 1 N–H and O–H groups in total. The second-order valence-corrected chi connectivity index (χ2v) is 5.40. The molecule has 0 aliphatic carbocycles. The van der Waals surface area contributed by atoms with E-state index in [1.54, 1.807) is 12.3 Å². The van der Waals surface area contributed by atoms with Crippen LogP contribution in [0.3, 0.4) is 0 Å². The predicted molar refractivity (Wildman–Crippen MR) is 77.2 cm³/mol. The molecule has 0 spiro atoms. The van der Waals surface area contributed by atoms with Crippen LogP contribution in [-0.2, 0) is 11.2 Å². The van der Waals surface area contributed by atoms with Crippen molar-refractivity contribution < 1.29 is 9.90 Å². The van der Waals surface area contributed by atoms with Crippen molar-refractivity contribution in [2.24, 2.45) is 0 Å². The molecule has 1 atom stereocenters. The third-order valence-electron chi connectivity index (χ3n) is 2.94. The maximum atomic E-state index is 11.4. The summed E-state index contributed by atoms with van der Waals surface area (Å²) in [5.74, 6) is -1.46. The standard InChI is InChI=1S/C15H14BrNO2/c1-10-2-7-14(17-9-10)13(15(18)19)8-11-3-5-12(16)6-4-11/h2-7,9,13H,8H2,1H3,(H,18,19). The van der Waals surface area contributed by atoms with E-state index in [1.807, 2.05) is 37.3 Å². The van der Waals surface area contributed by atoms with Crippen molar-refractivity contribution in [2.45, 2.75) is 19.3 Å². The van der Waals surface area contributed by atoms with E-state index in [-0.39, 0.29) is 0 Å². The number of carboxylic acids is 1.